The Morgan fingerprint density at radius 2 is 1.45 bits per heavy atom. The Morgan fingerprint density at radius 3 is 1.91 bits per heavy atom. The lowest BCUT2D eigenvalue weighted by Crippen LogP contribution is -2.58. The standard InChI is InChI=1S/C21H38N4O7S/c1-6-12(4)17(21(31)32)25-20(30)15(10-16(26)27)24-19(29)14(7-8-33-5)23-18(28)13(22)9-11(2)3/h11-15,17H,6-10,22H2,1-5H3,(H,23,28)(H,24,29)(H,25,30)(H,26,27)(H,31,32). The Kier molecular flexibility index (Phi) is 14.4. The number of hydrogen-bond acceptors (Lipinski definition) is 7. The number of carbonyl (C=O) groups excluding carboxylic acids is 3. The van der Waals surface area contributed by atoms with Crippen LogP contribution in [0.2, 0.25) is 0 Å². The van der Waals surface area contributed by atoms with Crippen LogP contribution in [0.15, 0.2) is 0 Å². The lowest BCUT2D eigenvalue weighted by atomic mass is 9.98. The highest BCUT2D eigenvalue weighted by Gasteiger charge is 2.33. The van der Waals surface area contributed by atoms with Gasteiger partial charge in [0.1, 0.15) is 18.1 Å². The zero-order chi connectivity index (χ0) is 25.7. The quantitative estimate of drug-likeness (QED) is 0.175. The van der Waals surface area contributed by atoms with Crippen molar-refractivity contribution in [1.29, 1.82) is 0 Å². The number of aliphatic carboxylic acids is 2. The van der Waals surface area contributed by atoms with Crippen molar-refractivity contribution in [2.45, 2.75) is 77.5 Å². The number of nitrogens with two attached hydrogens (primary N) is 1. The molecule has 0 aliphatic rings. The van der Waals surface area contributed by atoms with Gasteiger partial charge in [-0.25, -0.2) is 4.79 Å². The Morgan fingerprint density at radius 1 is 0.909 bits per heavy atom. The van der Waals surface area contributed by atoms with E-state index in [-0.39, 0.29) is 12.3 Å². The summed E-state index contributed by atoms with van der Waals surface area (Å²) in [4.78, 5) is 60.8. The lowest BCUT2D eigenvalue weighted by Gasteiger charge is -2.26. The summed E-state index contributed by atoms with van der Waals surface area (Å²) in [6.45, 7) is 7.21. The molecule has 12 heteroatoms. The number of rotatable bonds is 16. The number of hydrogen-bond donors (Lipinski definition) is 6. The summed E-state index contributed by atoms with van der Waals surface area (Å²) in [7, 11) is 0. The van der Waals surface area contributed by atoms with Crippen molar-refractivity contribution < 1.29 is 34.2 Å². The van der Waals surface area contributed by atoms with Crippen molar-refractivity contribution in [3.8, 4) is 0 Å². The molecule has 0 aromatic heterocycles. The van der Waals surface area contributed by atoms with E-state index in [1.54, 1.807) is 13.8 Å². The van der Waals surface area contributed by atoms with E-state index in [2.05, 4.69) is 16.0 Å². The van der Waals surface area contributed by atoms with Crippen molar-refractivity contribution in [3.63, 3.8) is 0 Å². The fourth-order valence-electron chi connectivity index (χ4n) is 2.99. The maximum absolute atomic E-state index is 12.9. The van der Waals surface area contributed by atoms with E-state index in [0.29, 0.717) is 18.6 Å². The average Bonchev–Trinajstić information content (AvgIpc) is 2.72. The summed E-state index contributed by atoms with van der Waals surface area (Å²) >= 11 is 1.45. The fraction of sp³-hybridized carbons (Fsp3) is 0.762. The smallest absolute Gasteiger partial charge is 0.326 e. The van der Waals surface area contributed by atoms with Gasteiger partial charge in [0.25, 0.3) is 0 Å². The van der Waals surface area contributed by atoms with Crippen LogP contribution in [0.4, 0.5) is 0 Å². The number of carboxylic acids is 2. The molecule has 0 aliphatic heterocycles. The van der Waals surface area contributed by atoms with Gasteiger partial charge in [-0.2, -0.15) is 11.8 Å². The van der Waals surface area contributed by atoms with Crippen LogP contribution >= 0.6 is 11.8 Å². The van der Waals surface area contributed by atoms with Gasteiger partial charge in [0.2, 0.25) is 17.7 Å². The Hall–Kier alpha value is -2.34. The molecule has 0 rings (SSSR count). The Labute approximate surface area is 199 Å². The molecule has 5 unspecified atom stereocenters. The zero-order valence-electron chi connectivity index (χ0n) is 19.9. The minimum absolute atomic E-state index is 0.167. The molecule has 5 atom stereocenters. The highest BCUT2D eigenvalue weighted by atomic mass is 32.2. The summed E-state index contributed by atoms with van der Waals surface area (Å²) in [5.41, 5.74) is 5.89. The fourth-order valence-corrected chi connectivity index (χ4v) is 3.46. The van der Waals surface area contributed by atoms with Gasteiger partial charge >= 0.3 is 11.9 Å². The van der Waals surface area contributed by atoms with Crippen LogP contribution in [0, 0.1) is 11.8 Å². The maximum Gasteiger partial charge on any atom is 0.326 e. The van der Waals surface area contributed by atoms with Crippen LogP contribution in [0.25, 0.3) is 0 Å². The molecule has 11 nitrogen and oxygen atoms in total. The van der Waals surface area contributed by atoms with E-state index in [0.717, 1.165) is 0 Å². The third kappa shape index (κ3) is 11.9. The molecule has 0 bridgehead atoms. The van der Waals surface area contributed by atoms with Crippen molar-refractivity contribution in [3.05, 3.63) is 0 Å². The van der Waals surface area contributed by atoms with Gasteiger partial charge in [-0.1, -0.05) is 34.1 Å². The first-order valence-corrected chi connectivity index (χ1v) is 12.3. The molecule has 0 spiro atoms. The molecule has 190 valence electrons. The molecule has 0 saturated carbocycles. The van der Waals surface area contributed by atoms with Gasteiger partial charge in [0.15, 0.2) is 0 Å². The largest absolute Gasteiger partial charge is 0.481 e. The molecule has 0 radical (unpaired) electrons. The first-order chi connectivity index (χ1) is 15.3. The second kappa shape index (κ2) is 15.5. The number of carbonyl (C=O) groups is 5. The molecule has 3 amide bonds. The predicted molar refractivity (Wildman–Crippen MR) is 126 cm³/mol. The number of carboxylic acid groups (broad SMARTS) is 2. The molecule has 0 aromatic rings. The van der Waals surface area contributed by atoms with Crippen molar-refractivity contribution in [2.75, 3.05) is 12.0 Å². The first kappa shape index (κ1) is 30.7. The summed E-state index contributed by atoms with van der Waals surface area (Å²) in [6, 6.07) is -4.60. The SMILES string of the molecule is CCC(C)C(NC(=O)C(CC(=O)O)NC(=O)C(CCSC)NC(=O)C(N)CC(C)C)C(=O)O. The minimum Gasteiger partial charge on any atom is -0.481 e. The molecule has 0 saturated heterocycles. The van der Waals surface area contributed by atoms with Crippen molar-refractivity contribution in [2.24, 2.45) is 17.6 Å². The lowest BCUT2D eigenvalue weighted by molar-refractivity contribution is -0.144. The van der Waals surface area contributed by atoms with Gasteiger partial charge < -0.3 is 31.9 Å². The van der Waals surface area contributed by atoms with Crippen molar-refractivity contribution in [1.82, 2.24) is 16.0 Å². The zero-order valence-corrected chi connectivity index (χ0v) is 20.7. The number of nitrogens with one attached hydrogen (secondary N) is 3. The average molecular weight is 491 g/mol. The van der Waals surface area contributed by atoms with Gasteiger partial charge in [-0.05, 0) is 36.7 Å². The highest BCUT2D eigenvalue weighted by molar-refractivity contribution is 7.98. The topological polar surface area (TPSA) is 188 Å². The second-order valence-corrected chi connectivity index (χ2v) is 9.43. The van der Waals surface area contributed by atoms with Crippen molar-refractivity contribution >= 4 is 41.4 Å². The molecule has 0 aromatic carbocycles. The molecule has 0 fully saturated rings. The van der Waals surface area contributed by atoms with E-state index >= 15 is 0 Å². The normalized spacial score (nSPS) is 15.6. The summed E-state index contributed by atoms with van der Waals surface area (Å²) in [5.74, 6) is -4.54. The van der Waals surface area contributed by atoms with Crippen LogP contribution < -0.4 is 21.7 Å². The molecular formula is C21H38N4O7S. The number of thioether (sulfide) groups is 1. The molecule has 0 heterocycles. The molecule has 33 heavy (non-hydrogen) atoms. The number of amides is 3. The van der Waals surface area contributed by atoms with Crippen LogP contribution in [0.5, 0.6) is 0 Å². The van der Waals surface area contributed by atoms with E-state index in [1.807, 2.05) is 20.1 Å². The van der Waals surface area contributed by atoms with Crippen LogP contribution in [0.1, 0.15) is 53.4 Å². The second-order valence-electron chi connectivity index (χ2n) is 8.45. The van der Waals surface area contributed by atoms with Gasteiger partial charge in [-0.15, -0.1) is 0 Å². The summed E-state index contributed by atoms with van der Waals surface area (Å²) in [6.07, 6.45) is 2.19. The van der Waals surface area contributed by atoms with Gasteiger partial charge in [0.05, 0.1) is 12.5 Å². The van der Waals surface area contributed by atoms with Crippen LogP contribution in [0.3, 0.4) is 0 Å². The Balaban J connectivity index is 5.52. The summed E-state index contributed by atoms with van der Waals surface area (Å²) < 4.78 is 0. The van der Waals surface area contributed by atoms with E-state index in [9.17, 15) is 34.2 Å². The minimum atomic E-state index is -1.51. The van der Waals surface area contributed by atoms with Gasteiger partial charge in [0, 0.05) is 0 Å². The Bertz CT molecular complexity index is 690. The monoisotopic (exact) mass is 490 g/mol. The third-order valence-electron chi connectivity index (χ3n) is 5.09. The molecule has 0 aliphatic carbocycles. The predicted octanol–water partition coefficient (Wildman–Crippen LogP) is 0.173. The van der Waals surface area contributed by atoms with Crippen LogP contribution in [-0.2, 0) is 24.0 Å². The van der Waals surface area contributed by atoms with E-state index in [1.165, 1.54) is 11.8 Å². The summed E-state index contributed by atoms with van der Waals surface area (Å²) in [5, 5.41) is 25.8. The van der Waals surface area contributed by atoms with Gasteiger partial charge in [-0.3, -0.25) is 19.2 Å². The first-order valence-electron chi connectivity index (χ1n) is 10.9. The van der Waals surface area contributed by atoms with Crippen LogP contribution in [-0.4, -0.2) is 76.0 Å². The van der Waals surface area contributed by atoms with E-state index < -0.39 is 66.2 Å². The van der Waals surface area contributed by atoms with E-state index in [4.69, 9.17) is 5.73 Å². The maximum atomic E-state index is 12.9. The molecule has 7 N–H and O–H groups in total. The molecular weight excluding hydrogens is 452 g/mol. The highest BCUT2D eigenvalue weighted by Crippen LogP contribution is 2.10. The third-order valence-corrected chi connectivity index (χ3v) is 5.74.